The molecule has 0 radical (unpaired) electrons. The maximum absolute atomic E-state index is 12.3. The van der Waals surface area contributed by atoms with E-state index in [0.717, 1.165) is 45.2 Å². The van der Waals surface area contributed by atoms with Crippen molar-refractivity contribution in [2.45, 2.75) is 63.1 Å². The van der Waals surface area contributed by atoms with E-state index in [0.29, 0.717) is 19.2 Å². The highest BCUT2D eigenvalue weighted by Gasteiger charge is 2.35. The van der Waals surface area contributed by atoms with Gasteiger partial charge in [0.25, 0.3) is 0 Å². The van der Waals surface area contributed by atoms with Gasteiger partial charge in [-0.1, -0.05) is 12.8 Å². The van der Waals surface area contributed by atoms with Crippen LogP contribution in [-0.2, 0) is 14.3 Å². The minimum atomic E-state index is -0.363. The van der Waals surface area contributed by atoms with Crippen LogP contribution in [0.15, 0.2) is 0 Å². The van der Waals surface area contributed by atoms with E-state index < -0.39 is 0 Å². The van der Waals surface area contributed by atoms with Crippen LogP contribution < -0.4 is 10.6 Å². The molecule has 6 nitrogen and oxygen atoms in total. The summed E-state index contributed by atoms with van der Waals surface area (Å²) in [5, 5.41) is 5.78. The Morgan fingerprint density at radius 2 is 2.05 bits per heavy atom. The predicted octanol–water partition coefficient (Wildman–Crippen LogP) is 0.415. The molecule has 0 bridgehead atoms. The van der Waals surface area contributed by atoms with Crippen molar-refractivity contribution in [2.24, 2.45) is 0 Å². The first-order valence-electron chi connectivity index (χ1n) is 8.67. The van der Waals surface area contributed by atoms with Gasteiger partial charge < -0.3 is 15.4 Å². The number of rotatable bonds is 3. The lowest BCUT2D eigenvalue weighted by Gasteiger charge is -2.43. The van der Waals surface area contributed by atoms with Gasteiger partial charge in [0.1, 0.15) is 6.04 Å². The van der Waals surface area contributed by atoms with Crippen LogP contribution in [0.5, 0.6) is 0 Å². The lowest BCUT2D eigenvalue weighted by Crippen LogP contribution is -2.56. The van der Waals surface area contributed by atoms with E-state index >= 15 is 0 Å². The zero-order chi connectivity index (χ0) is 15.4. The number of fused-ring (bicyclic) bond motifs is 1. The van der Waals surface area contributed by atoms with E-state index in [-0.39, 0.29) is 24.0 Å². The Balaban J connectivity index is 1.53. The maximum Gasteiger partial charge on any atom is 0.242 e. The van der Waals surface area contributed by atoms with E-state index in [2.05, 4.69) is 15.5 Å². The summed E-state index contributed by atoms with van der Waals surface area (Å²) in [5.41, 5.74) is 0. The van der Waals surface area contributed by atoms with Crippen molar-refractivity contribution >= 4 is 11.8 Å². The van der Waals surface area contributed by atoms with Gasteiger partial charge in [0.15, 0.2) is 0 Å². The van der Waals surface area contributed by atoms with Crippen molar-refractivity contribution in [3.8, 4) is 0 Å². The predicted molar refractivity (Wildman–Crippen MR) is 82.4 cm³/mol. The van der Waals surface area contributed by atoms with E-state index in [9.17, 15) is 9.59 Å². The molecule has 3 fully saturated rings. The minimum Gasteiger partial charge on any atom is -0.375 e. The SMILES string of the molecule is O=C(CN1CCO[C@@H]2CCCC[C@H]21)N[C@H]1CCCCNC1=O. The van der Waals surface area contributed by atoms with Crippen LogP contribution in [0.3, 0.4) is 0 Å². The zero-order valence-electron chi connectivity index (χ0n) is 13.2. The van der Waals surface area contributed by atoms with Crippen molar-refractivity contribution in [3.63, 3.8) is 0 Å². The van der Waals surface area contributed by atoms with Gasteiger partial charge in [-0.2, -0.15) is 0 Å². The van der Waals surface area contributed by atoms with Gasteiger partial charge in [0, 0.05) is 19.1 Å². The molecule has 2 aliphatic heterocycles. The lowest BCUT2D eigenvalue weighted by molar-refractivity contribution is -0.133. The van der Waals surface area contributed by atoms with Crippen LogP contribution in [-0.4, -0.2) is 61.1 Å². The van der Waals surface area contributed by atoms with Crippen LogP contribution in [0.4, 0.5) is 0 Å². The largest absolute Gasteiger partial charge is 0.375 e. The number of amides is 2. The van der Waals surface area contributed by atoms with Gasteiger partial charge in [-0.15, -0.1) is 0 Å². The summed E-state index contributed by atoms with van der Waals surface area (Å²) in [6, 6.07) is 0.00871. The van der Waals surface area contributed by atoms with E-state index in [1.165, 1.54) is 12.8 Å². The summed E-state index contributed by atoms with van der Waals surface area (Å²) in [6.45, 7) is 2.62. The summed E-state index contributed by atoms with van der Waals surface area (Å²) in [6.07, 6.45) is 7.66. The van der Waals surface area contributed by atoms with Crippen LogP contribution in [0.1, 0.15) is 44.9 Å². The molecule has 3 rings (SSSR count). The molecular weight excluding hydrogens is 282 g/mol. The Kier molecular flexibility index (Phi) is 5.31. The highest BCUT2D eigenvalue weighted by atomic mass is 16.5. The number of nitrogens with zero attached hydrogens (tertiary/aromatic N) is 1. The van der Waals surface area contributed by atoms with Crippen molar-refractivity contribution in [2.75, 3.05) is 26.2 Å². The number of ether oxygens (including phenoxy) is 1. The molecule has 6 heteroatoms. The molecule has 22 heavy (non-hydrogen) atoms. The second kappa shape index (κ2) is 7.42. The van der Waals surface area contributed by atoms with Crippen LogP contribution in [0, 0.1) is 0 Å². The van der Waals surface area contributed by atoms with Gasteiger partial charge in [0.2, 0.25) is 11.8 Å². The molecule has 1 aliphatic carbocycles. The summed E-state index contributed by atoms with van der Waals surface area (Å²) in [5.74, 6) is -0.0726. The van der Waals surface area contributed by atoms with E-state index in [1.807, 2.05) is 0 Å². The standard InChI is InChI=1S/C16H27N3O3/c20-15(18-12-5-3-4-8-17-16(12)21)11-19-9-10-22-14-7-2-1-6-13(14)19/h12-14H,1-11H2,(H,17,21)(H,18,20)/t12-,13+,14+/m0/s1. The molecule has 0 aromatic carbocycles. The molecule has 2 N–H and O–H groups in total. The quantitative estimate of drug-likeness (QED) is 0.792. The second-order valence-electron chi connectivity index (χ2n) is 6.64. The molecular formula is C16H27N3O3. The number of hydrogen-bond donors (Lipinski definition) is 2. The molecule has 0 aromatic rings. The van der Waals surface area contributed by atoms with Crippen LogP contribution in [0.25, 0.3) is 0 Å². The van der Waals surface area contributed by atoms with Crippen molar-refractivity contribution in [3.05, 3.63) is 0 Å². The third-order valence-electron chi connectivity index (χ3n) is 5.06. The fraction of sp³-hybridized carbons (Fsp3) is 0.875. The second-order valence-corrected chi connectivity index (χ2v) is 6.64. The van der Waals surface area contributed by atoms with Crippen molar-refractivity contribution in [1.82, 2.24) is 15.5 Å². The molecule has 1 saturated carbocycles. The normalized spacial score (nSPS) is 33.5. The summed E-state index contributed by atoms with van der Waals surface area (Å²) >= 11 is 0. The molecule has 3 aliphatic rings. The summed E-state index contributed by atoms with van der Waals surface area (Å²) in [7, 11) is 0. The molecule has 2 saturated heterocycles. The molecule has 0 aromatic heterocycles. The first-order valence-corrected chi connectivity index (χ1v) is 8.67. The Labute approximate surface area is 131 Å². The zero-order valence-corrected chi connectivity index (χ0v) is 13.2. The third-order valence-corrected chi connectivity index (χ3v) is 5.06. The van der Waals surface area contributed by atoms with Gasteiger partial charge in [-0.3, -0.25) is 14.5 Å². The third kappa shape index (κ3) is 3.79. The molecule has 124 valence electrons. The Hall–Kier alpha value is -1.14. The average molecular weight is 309 g/mol. The van der Waals surface area contributed by atoms with Gasteiger partial charge in [-0.25, -0.2) is 0 Å². The lowest BCUT2D eigenvalue weighted by atomic mass is 9.90. The fourth-order valence-corrected chi connectivity index (χ4v) is 3.87. The number of carbonyl (C=O) groups excluding carboxylic acids is 2. The number of hydrogen-bond acceptors (Lipinski definition) is 4. The molecule has 2 amide bonds. The average Bonchev–Trinajstić information content (AvgIpc) is 2.73. The summed E-state index contributed by atoms with van der Waals surface area (Å²) in [4.78, 5) is 26.5. The Morgan fingerprint density at radius 1 is 1.23 bits per heavy atom. The highest BCUT2D eigenvalue weighted by molar-refractivity contribution is 5.88. The first-order chi connectivity index (χ1) is 10.7. The molecule has 2 heterocycles. The summed E-state index contributed by atoms with van der Waals surface area (Å²) < 4.78 is 5.84. The van der Waals surface area contributed by atoms with Crippen molar-refractivity contribution < 1.29 is 14.3 Å². The van der Waals surface area contributed by atoms with Gasteiger partial charge in [-0.05, 0) is 32.1 Å². The van der Waals surface area contributed by atoms with Gasteiger partial charge >= 0.3 is 0 Å². The van der Waals surface area contributed by atoms with E-state index in [1.54, 1.807) is 0 Å². The Bertz CT molecular complexity index is 413. The first kappa shape index (κ1) is 15.7. The molecule has 0 spiro atoms. The number of morpholine rings is 1. The minimum absolute atomic E-state index is 0.0340. The van der Waals surface area contributed by atoms with Crippen LogP contribution in [0.2, 0.25) is 0 Å². The molecule has 0 unspecified atom stereocenters. The highest BCUT2D eigenvalue weighted by Crippen LogP contribution is 2.28. The number of nitrogens with one attached hydrogen (secondary N) is 2. The van der Waals surface area contributed by atoms with Crippen LogP contribution >= 0.6 is 0 Å². The topological polar surface area (TPSA) is 70.7 Å². The number of carbonyl (C=O) groups is 2. The monoisotopic (exact) mass is 309 g/mol. The fourth-order valence-electron chi connectivity index (χ4n) is 3.87. The maximum atomic E-state index is 12.3. The Morgan fingerprint density at radius 3 is 2.95 bits per heavy atom. The van der Waals surface area contributed by atoms with E-state index in [4.69, 9.17) is 4.74 Å². The van der Waals surface area contributed by atoms with Crippen molar-refractivity contribution in [1.29, 1.82) is 0 Å². The van der Waals surface area contributed by atoms with Gasteiger partial charge in [0.05, 0.1) is 19.3 Å². The molecule has 3 atom stereocenters. The smallest absolute Gasteiger partial charge is 0.242 e.